The summed E-state index contributed by atoms with van der Waals surface area (Å²) < 4.78 is 9.33. The van der Waals surface area contributed by atoms with Crippen molar-refractivity contribution in [3.05, 3.63) is 68.1 Å². The van der Waals surface area contributed by atoms with E-state index in [4.69, 9.17) is 16.3 Å². The lowest BCUT2D eigenvalue weighted by Crippen LogP contribution is -2.45. The Morgan fingerprint density at radius 2 is 1.86 bits per heavy atom. The summed E-state index contributed by atoms with van der Waals surface area (Å²) in [6, 6.07) is 9.19. The van der Waals surface area contributed by atoms with Crippen molar-refractivity contribution in [1.29, 1.82) is 0 Å². The van der Waals surface area contributed by atoms with Gasteiger partial charge in [0.1, 0.15) is 6.73 Å². The average Bonchev–Trinajstić information content (AvgIpc) is 3.35. The molecule has 0 spiro atoms. The summed E-state index contributed by atoms with van der Waals surface area (Å²) in [4.78, 5) is 29.5. The predicted molar refractivity (Wildman–Crippen MR) is 180 cm³/mol. The van der Waals surface area contributed by atoms with E-state index in [2.05, 4.69) is 56.2 Å². The third kappa shape index (κ3) is 7.93. The number of carbonyl (C=O) groups is 1. The van der Waals surface area contributed by atoms with Gasteiger partial charge in [0.2, 0.25) is 0 Å². The van der Waals surface area contributed by atoms with Gasteiger partial charge in [-0.05, 0) is 101 Å². The molecule has 0 unspecified atom stereocenters. The van der Waals surface area contributed by atoms with Crippen molar-refractivity contribution >= 4 is 36.8 Å². The normalized spacial score (nSPS) is 19.3. The van der Waals surface area contributed by atoms with Crippen LogP contribution in [0, 0.1) is 13.8 Å². The monoisotopic (exact) mass is 627 g/mol. The molecule has 2 heterocycles. The van der Waals surface area contributed by atoms with Crippen LogP contribution in [0.3, 0.4) is 0 Å². The number of aryl methyl sites for hydroxylation is 1. The van der Waals surface area contributed by atoms with E-state index in [0.29, 0.717) is 35.5 Å². The zero-order valence-corrected chi connectivity index (χ0v) is 29.0. The van der Waals surface area contributed by atoms with Crippen molar-refractivity contribution in [3.63, 3.8) is 0 Å². The topological polar surface area (TPSA) is 80.0 Å². The molecule has 4 rings (SSSR count). The second kappa shape index (κ2) is 13.6. The zero-order chi connectivity index (χ0) is 31.5. The third-order valence-electron chi connectivity index (χ3n) is 9.19. The number of benzene rings is 1. The van der Waals surface area contributed by atoms with E-state index in [0.717, 1.165) is 60.5 Å². The Morgan fingerprint density at radius 1 is 1.16 bits per heavy atom. The number of aromatic nitrogens is 2. The molecule has 1 saturated carbocycles. The minimum absolute atomic E-state index is 0.0236. The van der Waals surface area contributed by atoms with Gasteiger partial charge in [-0.15, -0.1) is 0 Å². The molecule has 0 atom stereocenters. The first-order valence-electron chi connectivity index (χ1n) is 15.5. The van der Waals surface area contributed by atoms with Crippen LogP contribution in [0.5, 0.6) is 0 Å². The van der Waals surface area contributed by atoms with Crippen molar-refractivity contribution in [2.75, 3.05) is 26.0 Å². The average molecular weight is 628 g/mol. The number of hydrogen-bond acceptors (Lipinski definition) is 5. The lowest BCUT2D eigenvalue weighted by molar-refractivity contribution is 0.0751. The Morgan fingerprint density at radius 3 is 2.49 bits per heavy atom. The molecule has 0 bridgehead atoms. The molecule has 0 radical (unpaired) electrons. The predicted octanol–water partition coefficient (Wildman–Crippen LogP) is 6.68. The zero-order valence-electron chi connectivity index (χ0n) is 27.3. The molecule has 10 heteroatoms. The summed E-state index contributed by atoms with van der Waals surface area (Å²) in [6.07, 6.45) is 7.26. The van der Waals surface area contributed by atoms with E-state index >= 15 is 0 Å². The largest absolute Gasteiger partial charge is 0.379 e. The molecule has 0 saturated heterocycles. The van der Waals surface area contributed by atoms with Crippen LogP contribution >= 0.6 is 11.6 Å². The number of halogens is 1. The van der Waals surface area contributed by atoms with Crippen LogP contribution in [0.4, 0.5) is 5.69 Å². The van der Waals surface area contributed by atoms with E-state index in [9.17, 15) is 9.59 Å². The molecule has 3 aromatic rings. The Balaban J connectivity index is 1.50. The van der Waals surface area contributed by atoms with Crippen LogP contribution in [0.15, 0.2) is 35.3 Å². The number of fused-ring (bicyclic) bond motifs is 1. The summed E-state index contributed by atoms with van der Waals surface area (Å²) in [5.74, 6) is -0.251. The van der Waals surface area contributed by atoms with Crippen LogP contribution in [0.1, 0.15) is 66.1 Å². The van der Waals surface area contributed by atoms with E-state index in [1.54, 1.807) is 15.3 Å². The van der Waals surface area contributed by atoms with Gasteiger partial charge in [-0.2, -0.15) is 0 Å². The molecule has 1 aromatic carbocycles. The Labute approximate surface area is 262 Å². The number of nitrogens with zero attached hydrogens (tertiary/aromatic N) is 3. The second-order valence-corrected chi connectivity index (χ2v) is 19.8. The second-order valence-electron chi connectivity index (χ2n) is 13.7. The number of nitrogens with one attached hydrogen (secondary N) is 2. The number of rotatable bonds is 12. The van der Waals surface area contributed by atoms with Gasteiger partial charge < -0.3 is 20.3 Å². The summed E-state index contributed by atoms with van der Waals surface area (Å²) >= 11 is 6.56. The summed E-state index contributed by atoms with van der Waals surface area (Å²) in [5.41, 5.74) is 4.28. The first-order valence-corrected chi connectivity index (χ1v) is 19.6. The minimum Gasteiger partial charge on any atom is -0.379 e. The van der Waals surface area contributed by atoms with Crippen LogP contribution in [-0.2, 0) is 18.0 Å². The quantitative estimate of drug-likeness (QED) is 0.173. The minimum atomic E-state index is -1.20. The van der Waals surface area contributed by atoms with E-state index in [1.807, 2.05) is 38.2 Å². The highest BCUT2D eigenvalue weighted by Crippen LogP contribution is 2.37. The molecule has 0 aliphatic heterocycles. The lowest BCUT2D eigenvalue weighted by atomic mass is 9.77. The summed E-state index contributed by atoms with van der Waals surface area (Å²) in [7, 11) is 3.10. The van der Waals surface area contributed by atoms with Crippen LogP contribution in [0.2, 0.25) is 30.7 Å². The Hall–Kier alpha value is -2.59. The fraction of sp³-hybridized carbons (Fsp3) is 0.576. The maximum Gasteiger partial charge on any atom is 0.275 e. The van der Waals surface area contributed by atoms with Crippen molar-refractivity contribution in [1.82, 2.24) is 19.4 Å². The standard InChI is InChI=1S/C33H50ClN5O3Si/c1-9-33(13-10-26(11-14-33)37(4)5)36-30-20-25(34)19-28(24(30)3)31(40)35-21-29-23(2)18-27-12-15-38(39(27)32(29)41)22-42-16-17-43(6,7)8/h12,15,18-20,26,36H,9-11,13-14,16-17,21-22H2,1-8H3,(H,35,40). The number of anilines is 1. The van der Waals surface area contributed by atoms with E-state index in [-0.39, 0.29) is 23.6 Å². The summed E-state index contributed by atoms with van der Waals surface area (Å²) in [6.45, 7) is 14.1. The molecular formula is C33H50ClN5O3Si. The first-order chi connectivity index (χ1) is 20.2. The van der Waals surface area contributed by atoms with Gasteiger partial charge in [0.25, 0.3) is 11.5 Å². The van der Waals surface area contributed by atoms with Gasteiger partial charge in [-0.3, -0.25) is 14.3 Å². The maximum atomic E-state index is 13.6. The lowest BCUT2D eigenvalue weighted by Gasteiger charge is -2.43. The number of hydrogen-bond donors (Lipinski definition) is 2. The molecule has 2 N–H and O–H groups in total. The molecule has 2 aromatic heterocycles. The van der Waals surface area contributed by atoms with Crippen molar-refractivity contribution < 1.29 is 9.53 Å². The molecule has 1 amide bonds. The number of pyridine rings is 1. The van der Waals surface area contributed by atoms with E-state index < -0.39 is 8.07 Å². The van der Waals surface area contributed by atoms with Gasteiger partial charge in [0, 0.05) is 60.8 Å². The first kappa shape index (κ1) is 33.3. The smallest absolute Gasteiger partial charge is 0.275 e. The molecule has 1 fully saturated rings. The molecule has 236 valence electrons. The van der Waals surface area contributed by atoms with Gasteiger partial charge in [0.05, 0.1) is 5.52 Å². The highest BCUT2D eigenvalue weighted by Gasteiger charge is 2.35. The fourth-order valence-electron chi connectivity index (χ4n) is 6.08. The van der Waals surface area contributed by atoms with Crippen LogP contribution in [0.25, 0.3) is 5.52 Å². The van der Waals surface area contributed by atoms with Crippen LogP contribution in [-0.4, -0.2) is 60.4 Å². The Bertz CT molecular complexity index is 1500. The highest BCUT2D eigenvalue weighted by atomic mass is 35.5. The number of ether oxygens (including phenoxy) is 1. The molecule has 43 heavy (non-hydrogen) atoms. The van der Waals surface area contributed by atoms with Gasteiger partial charge in [0.15, 0.2) is 0 Å². The fourth-order valence-corrected chi connectivity index (χ4v) is 7.06. The molecular weight excluding hydrogens is 578 g/mol. The van der Waals surface area contributed by atoms with Crippen molar-refractivity contribution in [2.24, 2.45) is 0 Å². The highest BCUT2D eigenvalue weighted by molar-refractivity contribution is 6.76. The molecule has 1 aliphatic carbocycles. The van der Waals surface area contributed by atoms with Gasteiger partial charge in [-0.25, -0.2) is 4.52 Å². The number of carbonyl (C=O) groups excluding carboxylic acids is 1. The maximum absolute atomic E-state index is 13.6. The number of amides is 1. The van der Waals surface area contributed by atoms with Crippen LogP contribution < -0.4 is 16.2 Å². The summed E-state index contributed by atoms with van der Waals surface area (Å²) in [5, 5.41) is 7.32. The Kier molecular flexibility index (Phi) is 10.5. The van der Waals surface area contributed by atoms with Crippen molar-refractivity contribution in [3.8, 4) is 0 Å². The molecule has 8 nitrogen and oxygen atoms in total. The van der Waals surface area contributed by atoms with E-state index in [1.165, 1.54) is 0 Å². The van der Waals surface area contributed by atoms with Gasteiger partial charge in [-0.1, -0.05) is 38.2 Å². The SMILES string of the molecule is CCC1(Nc2cc(Cl)cc(C(=O)NCc3c(C)cc4ccn(COCC[Si](C)(C)C)n4c3=O)c2C)CCC(N(C)C)CC1. The third-order valence-corrected chi connectivity index (χ3v) is 11.1. The molecule has 1 aliphatic rings. The van der Waals surface area contributed by atoms with Gasteiger partial charge >= 0.3 is 0 Å². The van der Waals surface area contributed by atoms with Crippen molar-refractivity contribution in [2.45, 2.75) is 103 Å².